The highest BCUT2D eigenvalue weighted by atomic mass is 16.3. The fourth-order valence-electron chi connectivity index (χ4n) is 3.60. The van der Waals surface area contributed by atoms with Crippen LogP contribution in [0, 0.1) is 6.92 Å². The second kappa shape index (κ2) is 8.25. The summed E-state index contributed by atoms with van der Waals surface area (Å²) in [4.78, 5) is 14.7. The van der Waals surface area contributed by atoms with Gasteiger partial charge in [0, 0.05) is 37.4 Å². The number of piperidine rings is 1. The molecule has 1 aliphatic heterocycles. The van der Waals surface area contributed by atoms with Crippen LogP contribution in [0.3, 0.4) is 0 Å². The Morgan fingerprint density at radius 1 is 1.38 bits per heavy atom. The number of amides is 2. The lowest BCUT2D eigenvalue weighted by Gasteiger charge is -2.36. The molecule has 0 radical (unpaired) electrons. The van der Waals surface area contributed by atoms with Crippen LogP contribution in [0.25, 0.3) is 0 Å². The second-order valence-electron chi connectivity index (χ2n) is 7.09. The molecule has 2 N–H and O–H groups in total. The van der Waals surface area contributed by atoms with E-state index in [1.807, 2.05) is 41.9 Å². The quantitative estimate of drug-likeness (QED) is 0.865. The van der Waals surface area contributed by atoms with E-state index in [1.54, 1.807) is 12.1 Å². The van der Waals surface area contributed by atoms with Gasteiger partial charge in [0.05, 0.1) is 6.20 Å². The van der Waals surface area contributed by atoms with Gasteiger partial charge in [0.15, 0.2) is 0 Å². The van der Waals surface area contributed by atoms with E-state index in [0.29, 0.717) is 12.3 Å². The van der Waals surface area contributed by atoms with Crippen LogP contribution in [0.5, 0.6) is 5.75 Å². The van der Waals surface area contributed by atoms with Gasteiger partial charge in [-0.05, 0) is 56.7 Å². The molecule has 6 heteroatoms. The molecule has 0 bridgehead atoms. The van der Waals surface area contributed by atoms with Gasteiger partial charge in [-0.1, -0.05) is 12.1 Å². The van der Waals surface area contributed by atoms with Crippen molar-refractivity contribution >= 4 is 6.03 Å². The van der Waals surface area contributed by atoms with Gasteiger partial charge in [-0.15, -0.1) is 0 Å². The highest BCUT2D eigenvalue weighted by molar-refractivity contribution is 5.74. The van der Waals surface area contributed by atoms with Gasteiger partial charge in [0.2, 0.25) is 0 Å². The number of rotatable bonds is 5. The number of carbonyl (C=O) groups is 1. The number of phenolic OH excluding ortho intramolecular Hbond substituents is 1. The van der Waals surface area contributed by atoms with Crippen LogP contribution < -0.4 is 5.32 Å². The van der Waals surface area contributed by atoms with Gasteiger partial charge in [0.25, 0.3) is 0 Å². The summed E-state index contributed by atoms with van der Waals surface area (Å²) in [6.07, 6.45) is 6.86. The van der Waals surface area contributed by atoms with Crippen LogP contribution >= 0.6 is 0 Å². The molecule has 2 amide bonds. The molecule has 6 nitrogen and oxygen atoms in total. The first-order valence-electron chi connectivity index (χ1n) is 9.34. The molecule has 1 atom stereocenters. The summed E-state index contributed by atoms with van der Waals surface area (Å²) in [5.41, 5.74) is 3.24. The number of benzene rings is 1. The molecule has 2 aromatic rings. The summed E-state index contributed by atoms with van der Waals surface area (Å²) in [6, 6.07) is 7.64. The smallest absolute Gasteiger partial charge is 0.317 e. The Kier molecular flexibility index (Phi) is 5.81. The van der Waals surface area contributed by atoms with Crippen LogP contribution in [-0.2, 0) is 20.0 Å². The predicted octanol–water partition coefficient (Wildman–Crippen LogP) is 3.13. The zero-order valence-corrected chi connectivity index (χ0v) is 15.6. The molecular weight excluding hydrogens is 328 g/mol. The molecule has 1 fully saturated rings. The maximum absolute atomic E-state index is 12.7. The van der Waals surface area contributed by atoms with Crippen LogP contribution in [0.2, 0.25) is 0 Å². The van der Waals surface area contributed by atoms with Crippen molar-refractivity contribution in [1.82, 2.24) is 20.0 Å². The molecule has 1 aromatic heterocycles. The maximum atomic E-state index is 12.7. The average molecular weight is 356 g/mol. The number of urea groups is 1. The Balaban J connectivity index is 1.57. The van der Waals surface area contributed by atoms with Crippen molar-refractivity contribution in [2.24, 2.45) is 7.05 Å². The molecule has 0 spiro atoms. The first-order chi connectivity index (χ1) is 12.5. The van der Waals surface area contributed by atoms with Crippen LogP contribution in [0.1, 0.15) is 42.5 Å². The van der Waals surface area contributed by atoms with Gasteiger partial charge in [-0.2, -0.15) is 5.10 Å². The molecule has 1 aliphatic rings. The Labute approximate surface area is 154 Å². The van der Waals surface area contributed by atoms with E-state index >= 15 is 0 Å². The summed E-state index contributed by atoms with van der Waals surface area (Å²) in [5.74, 6) is 0.299. The molecule has 0 saturated carbocycles. The van der Waals surface area contributed by atoms with Crippen molar-refractivity contribution in [3.63, 3.8) is 0 Å². The number of aromatic hydroxyl groups is 1. The SMILES string of the molecule is Cc1c(CNC(=O)N2CCCC[C@@H]2CCc2cccc(O)c2)cnn1C. The lowest BCUT2D eigenvalue weighted by atomic mass is 9.96. The Morgan fingerprint density at radius 2 is 2.23 bits per heavy atom. The van der Waals surface area contributed by atoms with Gasteiger partial charge in [-0.25, -0.2) is 4.79 Å². The molecule has 2 heterocycles. The van der Waals surface area contributed by atoms with Crippen molar-refractivity contribution in [3.05, 3.63) is 47.3 Å². The largest absolute Gasteiger partial charge is 0.508 e. The number of nitrogens with zero attached hydrogens (tertiary/aromatic N) is 3. The summed E-state index contributed by atoms with van der Waals surface area (Å²) in [5, 5.41) is 16.9. The molecule has 1 saturated heterocycles. The van der Waals surface area contributed by atoms with Crippen molar-refractivity contribution < 1.29 is 9.90 Å². The maximum Gasteiger partial charge on any atom is 0.317 e. The highest BCUT2D eigenvalue weighted by Gasteiger charge is 2.26. The molecule has 3 rings (SSSR count). The Morgan fingerprint density at radius 3 is 2.96 bits per heavy atom. The molecular formula is C20H28N4O2. The van der Waals surface area contributed by atoms with E-state index in [1.165, 1.54) is 0 Å². The fraction of sp³-hybridized carbons (Fsp3) is 0.500. The van der Waals surface area contributed by atoms with E-state index < -0.39 is 0 Å². The van der Waals surface area contributed by atoms with E-state index in [9.17, 15) is 9.90 Å². The lowest BCUT2D eigenvalue weighted by molar-refractivity contribution is 0.146. The number of carbonyl (C=O) groups excluding carboxylic acids is 1. The number of aryl methyl sites for hydroxylation is 2. The monoisotopic (exact) mass is 356 g/mol. The number of hydrogen-bond acceptors (Lipinski definition) is 3. The van der Waals surface area contributed by atoms with Gasteiger partial charge in [0.1, 0.15) is 5.75 Å². The van der Waals surface area contributed by atoms with Crippen molar-refractivity contribution in [2.45, 2.75) is 51.6 Å². The van der Waals surface area contributed by atoms with Crippen LogP contribution in [0.15, 0.2) is 30.5 Å². The summed E-state index contributed by atoms with van der Waals surface area (Å²) in [6.45, 7) is 3.32. The van der Waals surface area contributed by atoms with Gasteiger partial charge < -0.3 is 15.3 Å². The zero-order valence-electron chi connectivity index (χ0n) is 15.6. The number of nitrogens with one attached hydrogen (secondary N) is 1. The van der Waals surface area contributed by atoms with Gasteiger partial charge >= 0.3 is 6.03 Å². The van der Waals surface area contributed by atoms with Crippen LogP contribution in [0.4, 0.5) is 4.79 Å². The first-order valence-corrected chi connectivity index (χ1v) is 9.34. The predicted molar refractivity (Wildman–Crippen MR) is 101 cm³/mol. The minimum atomic E-state index is 0.00821. The summed E-state index contributed by atoms with van der Waals surface area (Å²) in [7, 11) is 1.91. The Bertz CT molecular complexity index is 756. The van der Waals surface area contributed by atoms with E-state index in [4.69, 9.17) is 0 Å². The summed E-state index contributed by atoms with van der Waals surface area (Å²) >= 11 is 0. The fourth-order valence-corrected chi connectivity index (χ4v) is 3.60. The zero-order chi connectivity index (χ0) is 18.5. The Hall–Kier alpha value is -2.50. The van der Waals surface area contributed by atoms with Crippen molar-refractivity contribution in [3.8, 4) is 5.75 Å². The van der Waals surface area contributed by atoms with Crippen molar-refractivity contribution in [2.75, 3.05) is 6.54 Å². The number of aromatic nitrogens is 2. The molecule has 0 unspecified atom stereocenters. The van der Waals surface area contributed by atoms with E-state index in [0.717, 1.165) is 55.5 Å². The van der Waals surface area contributed by atoms with Crippen LogP contribution in [-0.4, -0.2) is 38.4 Å². The normalized spacial score (nSPS) is 17.3. The topological polar surface area (TPSA) is 70.4 Å². The third-order valence-electron chi connectivity index (χ3n) is 5.33. The van der Waals surface area contributed by atoms with E-state index in [-0.39, 0.29) is 12.1 Å². The third kappa shape index (κ3) is 4.36. The molecule has 140 valence electrons. The second-order valence-corrected chi connectivity index (χ2v) is 7.09. The number of hydrogen-bond donors (Lipinski definition) is 2. The average Bonchev–Trinajstić information content (AvgIpc) is 2.97. The highest BCUT2D eigenvalue weighted by Crippen LogP contribution is 2.22. The first kappa shape index (κ1) is 18.3. The van der Waals surface area contributed by atoms with Gasteiger partial charge in [-0.3, -0.25) is 4.68 Å². The summed E-state index contributed by atoms with van der Waals surface area (Å²) < 4.78 is 1.82. The van der Waals surface area contributed by atoms with E-state index in [2.05, 4.69) is 10.4 Å². The molecule has 26 heavy (non-hydrogen) atoms. The number of phenols is 1. The minimum absolute atomic E-state index is 0.00821. The molecule has 1 aromatic carbocycles. The number of likely N-dealkylation sites (tertiary alicyclic amines) is 1. The van der Waals surface area contributed by atoms with Crippen molar-refractivity contribution in [1.29, 1.82) is 0 Å². The minimum Gasteiger partial charge on any atom is -0.508 e. The third-order valence-corrected chi connectivity index (χ3v) is 5.33. The molecule has 0 aliphatic carbocycles. The lowest BCUT2D eigenvalue weighted by Crippen LogP contribution is -2.48. The standard InChI is InChI=1S/C20H28N4O2/c1-15-17(14-22-23(15)2)13-21-20(26)24-11-4-3-7-18(24)10-9-16-6-5-8-19(25)12-16/h5-6,8,12,14,18,25H,3-4,7,9-11,13H2,1-2H3,(H,21,26)/t18-/m1/s1.